The van der Waals surface area contributed by atoms with Crippen LogP contribution in [0.5, 0.6) is 0 Å². The molecule has 0 aromatic heterocycles. The van der Waals surface area contributed by atoms with Crippen molar-refractivity contribution in [1.29, 1.82) is 0 Å². The van der Waals surface area contributed by atoms with E-state index >= 15 is 0 Å². The molecule has 0 N–H and O–H groups in total. The lowest BCUT2D eigenvalue weighted by molar-refractivity contribution is 0.549. The van der Waals surface area contributed by atoms with E-state index < -0.39 is 10.0 Å². The van der Waals surface area contributed by atoms with Crippen LogP contribution in [-0.2, 0) is 10.0 Å². The molecule has 1 aliphatic heterocycles. The third kappa shape index (κ3) is 2.65. The van der Waals surface area contributed by atoms with Crippen LogP contribution in [-0.4, -0.2) is 32.5 Å². The van der Waals surface area contributed by atoms with Crippen molar-refractivity contribution in [3.8, 4) is 0 Å². The second-order valence-corrected chi connectivity index (χ2v) is 6.64. The van der Waals surface area contributed by atoms with Crippen LogP contribution < -0.4 is 0 Å². The summed E-state index contributed by atoms with van der Waals surface area (Å²) in [4.78, 5) is 0.224. The number of nitrogens with zero attached hydrogens (tertiary/aromatic N) is 3. The van der Waals surface area contributed by atoms with Crippen molar-refractivity contribution in [3.63, 3.8) is 0 Å². The predicted molar refractivity (Wildman–Crippen MR) is 86.7 cm³/mol. The van der Waals surface area contributed by atoms with E-state index in [0.717, 1.165) is 5.56 Å². The van der Waals surface area contributed by atoms with Gasteiger partial charge in [-0.2, -0.15) is 13.5 Å². The summed E-state index contributed by atoms with van der Waals surface area (Å²) >= 11 is 0. The number of aryl methyl sites for hydroxylation is 1. The average molecular weight is 313 g/mol. The molecule has 112 valence electrons. The lowest BCUT2D eigenvalue weighted by Gasteiger charge is -2.12. The van der Waals surface area contributed by atoms with Crippen molar-refractivity contribution < 1.29 is 8.42 Å². The van der Waals surface area contributed by atoms with Crippen molar-refractivity contribution in [3.05, 3.63) is 65.2 Å². The highest BCUT2D eigenvalue weighted by atomic mass is 32.2. The van der Waals surface area contributed by atoms with Gasteiger partial charge in [0, 0.05) is 12.6 Å². The largest absolute Gasteiger partial charge is 0.285 e. The number of hydrazone groups is 1. The standard InChI is InChI=1S/C16H15N3O2S/c1-12-7-9-13(10-8-12)11-17-19(2)16-14-5-3-4-6-15(14)22(20,21)18-16/h3-11H,1-2H3. The van der Waals surface area contributed by atoms with Crippen LogP contribution >= 0.6 is 0 Å². The molecule has 5 nitrogen and oxygen atoms in total. The van der Waals surface area contributed by atoms with Crippen molar-refractivity contribution in [1.82, 2.24) is 5.01 Å². The van der Waals surface area contributed by atoms with Gasteiger partial charge in [0.2, 0.25) is 0 Å². The number of rotatable bonds is 2. The van der Waals surface area contributed by atoms with E-state index in [1.807, 2.05) is 31.2 Å². The van der Waals surface area contributed by atoms with Gasteiger partial charge in [-0.1, -0.05) is 42.0 Å². The normalized spacial score (nSPS) is 15.6. The van der Waals surface area contributed by atoms with Crippen LogP contribution in [0.15, 0.2) is 62.9 Å². The van der Waals surface area contributed by atoms with E-state index in [9.17, 15) is 8.42 Å². The first-order valence-corrected chi connectivity index (χ1v) is 8.20. The summed E-state index contributed by atoms with van der Waals surface area (Å²) in [6.07, 6.45) is 1.68. The summed E-state index contributed by atoms with van der Waals surface area (Å²) in [6.45, 7) is 2.02. The molecule has 0 amide bonds. The summed E-state index contributed by atoms with van der Waals surface area (Å²) in [7, 11) is -1.93. The second-order valence-electron chi connectivity index (χ2n) is 5.06. The molecule has 6 heteroatoms. The van der Waals surface area contributed by atoms with Crippen molar-refractivity contribution >= 4 is 22.1 Å². The molecule has 0 unspecified atom stereocenters. The van der Waals surface area contributed by atoms with Gasteiger partial charge in [0.15, 0.2) is 5.84 Å². The highest BCUT2D eigenvalue weighted by Gasteiger charge is 2.30. The molecule has 1 aliphatic rings. The van der Waals surface area contributed by atoms with Gasteiger partial charge in [-0.05, 0) is 24.6 Å². The molecule has 0 saturated carbocycles. The average Bonchev–Trinajstić information content (AvgIpc) is 2.79. The molecule has 3 rings (SSSR count). The van der Waals surface area contributed by atoms with Gasteiger partial charge in [0.25, 0.3) is 10.0 Å². The Morgan fingerprint density at radius 2 is 1.77 bits per heavy atom. The highest BCUT2D eigenvalue weighted by Crippen LogP contribution is 2.26. The van der Waals surface area contributed by atoms with Crippen molar-refractivity contribution in [2.75, 3.05) is 7.05 Å². The highest BCUT2D eigenvalue weighted by molar-refractivity contribution is 7.90. The molecule has 2 aromatic carbocycles. The molecule has 0 aliphatic carbocycles. The van der Waals surface area contributed by atoms with E-state index in [4.69, 9.17) is 0 Å². The molecule has 0 fully saturated rings. The summed E-state index contributed by atoms with van der Waals surface area (Å²) in [6, 6.07) is 14.6. The van der Waals surface area contributed by atoms with E-state index in [1.54, 1.807) is 37.5 Å². The van der Waals surface area contributed by atoms with Gasteiger partial charge in [0.05, 0.1) is 6.21 Å². The topological polar surface area (TPSA) is 62.1 Å². The Bertz CT molecular complexity index is 869. The monoisotopic (exact) mass is 313 g/mol. The number of hydrogen-bond donors (Lipinski definition) is 0. The maximum absolute atomic E-state index is 12.0. The SMILES string of the molecule is Cc1ccc(C=NN(C)C2=NS(=O)(=O)c3ccccc32)cc1. The maximum Gasteiger partial charge on any atom is 0.285 e. The van der Waals surface area contributed by atoms with Gasteiger partial charge >= 0.3 is 0 Å². The third-order valence-corrected chi connectivity index (χ3v) is 4.70. The van der Waals surface area contributed by atoms with Crippen LogP contribution in [0.1, 0.15) is 16.7 Å². The third-order valence-electron chi connectivity index (χ3n) is 3.38. The Kier molecular flexibility index (Phi) is 3.54. The number of sulfonamides is 1. The zero-order chi connectivity index (χ0) is 15.7. The predicted octanol–water partition coefficient (Wildman–Crippen LogP) is 2.41. The van der Waals surface area contributed by atoms with Gasteiger partial charge in [0.1, 0.15) is 4.90 Å². The second kappa shape index (κ2) is 5.38. The van der Waals surface area contributed by atoms with Gasteiger partial charge < -0.3 is 0 Å². The van der Waals surface area contributed by atoms with E-state index in [-0.39, 0.29) is 4.90 Å². The number of fused-ring (bicyclic) bond motifs is 1. The molecule has 0 atom stereocenters. The maximum atomic E-state index is 12.0. The molecular weight excluding hydrogens is 298 g/mol. The summed E-state index contributed by atoms with van der Waals surface area (Å²) in [5.41, 5.74) is 2.68. The smallest absolute Gasteiger partial charge is 0.250 e. The van der Waals surface area contributed by atoms with E-state index in [2.05, 4.69) is 9.50 Å². The minimum atomic E-state index is -3.62. The summed E-state index contributed by atoms with van der Waals surface area (Å²) in [5.74, 6) is 0.332. The molecule has 0 bridgehead atoms. The van der Waals surface area contributed by atoms with Crippen LogP contribution in [0.25, 0.3) is 0 Å². The minimum Gasteiger partial charge on any atom is -0.250 e. The molecule has 0 spiro atoms. The number of hydrogen-bond acceptors (Lipinski definition) is 4. The molecule has 2 aromatic rings. The van der Waals surface area contributed by atoms with Gasteiger partial charge in [-0.25, -0.2) is 5.01 Å². The van der Waals surface area contributed by atoms with Crippen LogP contribution in [0, 0.1) is 6.92 Å². The van der Waals surface area contributed by atoms with E-state index in [0.29, 0.717) is 11.4 Å². The van der Waals surface area contributed by atoms with Crippen LogP contribution in [0.4, 0.5) is 0 Å². The number of benzene rings is 2. The molecule has 22 heavy (non-hydrogen) atoms. The fourth-order valence-electron chi connectivity index (χ4n) is 2.18. The summed E-state index contributed by atoms with van der Waals surface area (Å²) in [5, 5.41) is 5.76. The molecule has 0 saturated heterocycles. The Labute approximate surface area is 129 Å². The van der Waals surface area contributed by atoms with Crippen LogP contribution in [0.2, 0.25) is 0 Å². The molecular formula is C16H15N3O2S. The fraction of sp³-hybridized carbons (Fsp3) is 0.125. The van der Waals surface area contributed by atoms with Crippen molar-refractivity contribution in [2.24, 2.45) is 9.50 Å². The number of amidine groups is 1. The van der Waals surface area contributed by atoms with Crippen molar-refractivity contribution in [2.45, 2.75) is 11.8 Å². The Morgan fingerprint density at radius 3 is 2.50 bits per heavy atom. The Morgan fingerprint density at radius 1 is 1.09 bits per heavy atom. The Hall–Kier alpha value is -2.47. The minimum absolute atomic E-state index is 0.224. The fourth-order valence-corrected chi connectivity index (χ4v) is 3.41. The first kappa shape index (κ1) is 14.5. The van der Waals surface area contributed by atoms with Gasteiger partial charge in [-0.15, -0.1) is 4.40 Å². The quantitative estimate of drug-likeness (QED) is 0.632. The molecule has 1 heterocycles. The first-order valence-electron chi connectivity index (χ1n) is 6.76. The van der Waals surface area contributed by atoms with Gasteiger partial charge in [-0.3, -0.25) is 0 Å². The molecule has 0 radical (unpaired) electrons. The van der Waals surface area contributed by atoms with E-state index in [1.165, 1.54) is 10.6 Å². The first-order chi connectivity index (χ1) is 10.5. The lowest BCUT2D eigenvalue weighted by atomic mass is 10.2. The zero-order valence-electron chi connectivity index (χ0n) is 12.3. The lowest BCUT2D eigenvalue weighted by Crippen LogP contribution is -2.21. The zero-order valence-corrected chi connectivity index (χ0v) is 13.1. The summed E-state index contributed by atoms with van der Waals surface area (Å²) < 4.78 is 27.8. The van der Waals surface area contributed by atoms with Crippen LogP contribution in [0.3, 0.4) is 0 Å². The Balaban J connectivity index is 1.90.